The van der Waals surface area contributed by atoms with Crippen LogP contribution in [0.15, 0.2) is 59.5 Å². The van der Waals surface area contributed by atoms with Crippen molar-refractivity contribution in [3.8, 4) is 0 Å². The van der Waals surface area contributed by atoms with Gasteiger partial charge in [0, 0.05) is 5.02 Å². The molecule has 1 saturated carbocycles. The highest BCUT2D eigenvalue weighted by molar-refractivity contribution is 7.91. The Labute approximate surface area is 149 Å². The van der Waals surface area contributed by atoms with Crippen LogP contribution in [0.2, 0.25) is 5.02 Å². The molecule has 0 aliphatic heterocycles. The van der Waals surface area contributed by atoms with Gasteiger partial charge < -0.3 is 0 Å². The standard InChI is InChI=1S/C20H23ClO2S/c21-19-10-12-20(13-11-19)24(22,23)15-14-16-6-8-18(9-7-16)17-4-2-1-3-5-17/h1-5,10-13,16,18H,6-9,14-15H2. The summed E-state index contributed by atoms with van der Waals surface area (Å²) in [5, 5.41) is 0.563. The van der Waals surface area contributed by atoms with Crippen LogP contribution in [0.1, 0.15) is 43.6 Å². The number of sulfone groups is 1. The molecule has 0 spiro atoms. The van der Waals surface area contributed by atoms with Crippen LogP contribution in [-0.2, 0) is 9.84 Å². The normalized spacial score (nSPS) is 21.5. The highest BCUT2D eigenvalue weighted by Crippen LogP contribution is 2.37. The predicted molar refractivity (Wildman–Crippen MR) is 99.3 cm³/mol. The maximum Gasteiger partial charge on any atom is 0.178 e. The lowest BCUT2D eigenvalue weighted by Gasteiger charge is -2.28. The Morgan fingerprint density at radius 2 is 1.50 bits per heavy atom. The first-order valence-corrected chi connectivity index (χ1v) is 10.6. The smallest absolute Gasteiger partial charge is 0.178 e. The van der Waals surface area contributed by atoms with E-state index in [2.05, 4.69) is 30.3 Å². The summed E-state index contributed by atoms with van der Waals surface area (Å²) in [6.45, 7) is 0. The number of rotatable bonds is 5. The van der Waals surface area contributed by atoms with Crippen LogP contribution in [0.3, 0.4) is 0 Å². The van der Waals surface area contributed by atoms with Crippen molar-refractivity contribution in [3.05, 3.63) is 65.2 Å². The third kappa shape index (κ3) is 4.40. The molecule has 0 bridgehead atoms. The number of hydrogen-bond donors (Lipinski definition) is 0. The third-order valence-corrected chi connectivity index (χ3v) is 7.10. The van der Waals surface area contributed by atoms with Gasteiger partial charge in [-0.15, -0.1) is 0 Å². The lowest BCUT2D eigenvalue weighted by Crippen LogP contribution is -2.17. The largest absolute Gasteiger partial charge is 0.224 e. The summed E-state index contributed by atoms with van der Waals surface area (Å²) in [6.07, 6.45) is 5.32. The predicted octanol–water partition coefficient (Wildman–Crippen LogP) is 5.48. The molecule has 2 nitrogen and oxygen atoms in total. The molecule has 4 heteroatoms. The molecule has 0 atom stereocenters. The third-order valence-electron chi connectivity index (χ3n) is 5.09. The summed E-state index contributed by atoms with van der Waals surface area (Å²) in [4.78, 5) is 0.380. The van der Waals surface area contributed by atoms with Gasteiger partial charge in [0.15, 0.2) is 9.84 Å². The fraction of sp³-hybridized carbons (Fsp3) is 0.400. The zero-order valence-electron chi connectivity index (χ0n) is 13.7. The molecule has 24 heavy (non-hydrogen) atoms. The molecule has 0 saturated heterocycles. The maximum atomic E-state index is 12.4. The molecule has 2 aromatic carbocycles. The molecule has 3 rings (SSSR count). The van der Waals surface area contributed by atoms with Gasteiger partial charge in [-0.3, -0.25) is 0 Å². The minimum absolute atomic E-state index is 0.231. The van der Waals surface area contributed by atoms with Gasteiger partial charge in [0.2, 0.25) is 0 Å². The average Bonchev–Trinajstić information content (AvgIpc) is 2.62. The Bertz CT molecular complexity index is 746. The second-order valence-electron chi connectivity index (χ2n) is 6.69. The first kappa shape index (κ1) is 17.5. The molecule has 2 aromatic rings. The van der Waals surface area contributed by atoms with Crippen molar-refractivity contribution >= 4 is 21.4 Å². The van der Waals surface area contributed by atoms with E-state index in [-0.39, 0.29) is 5.75 Å². The minimum atomic E-state index is -3.20. The van der Waals surface area contributed by atoms with Gasteiger partial charge in [0.05, 0.1) is 10.6 Å². The van der Waals surface area contributed by atoms with Crippen molar-refractivity contribution in [3.63, 3.8) is 0 Å². The molecule has 0 unspecified atom stereocenters. The molecule has 0 heterocycles. The molecule has 1 aliphatic rings. The van der Waals surface area contributed by atoms with Crippen molar-refractivity contribution in [2.75, 3.05) is 5.75 Å². The van der Waals surface area contributed by atoms with Gasteiger partial charge in [-0.2, -0.15) is 0 Å². The van der Waals surface area contributed by atoms with Gasteiger partial charge in [-0.25, -0.2) is 8.42 Å². The van der Waals surface area contributed by atoms with Crippen LogP contribution in [0.25, 0.3) is 0 Å². The number of halogens is 1. The van der Waals surface area contributed by atoms with E-state index in [0.29, 0.717) is 21.8 Å². The van der Waals surface area contributed by atoms with E-state index in [9.17, 15) is 8.42 Å². The molecule has 0 amide bonds. The summed E-state index contributed by atoms with van der Waals surface area (Å²) < 4.78 is 24.9. The molecule has 0 N–H and O–H groups in total. The molecule has 1 fully saturated rings. The minimum Gasteiger partial charge on any atom is -0.224 e. The van der Waals surface area contributed by atoms with E-state index in [1.165, 1.54) is 5.56 Å². The summed E-state index contributed by atoms with van der Waals surface area (Å²) in [5.41, 5.74) is 1.42. The average molecular weight is 363 g/mol. The Morgan fingerprint density at radius 1 is 0.875 bits per heavy atom. The van der Waals surface area contributed by atoms with E-state index in [0.717, 1.165) is 32.1 Å². The fourth-order valence-electron chi connectivity index (χ4n) is 3.59. The monoisotopic (exact) mass is 362 g/mol. The molecular weight excluding hydrogens is 340 g/mol. The quantitative estimate of drug-likeness (QED) is 0.705. The molecule has 0 radical (unpaired) electrons. The van der Waals surface area contributed by atoms with Gasteiger partial charge in [-0.05, 0) is 73.8 Å². The fourth-order valence-corrected chi connectivity index (χ4v) is 5.15. The van der Waals surface area contributed by atoms with E-state index < -0.39 is 9.84 Å². The van der Waals surface area contributed by atoms with Crippen molar-refractivity contribution in [2.45, 2.75) is 42.9 Å². The van der Waals surface area contributed by atoms with Crippen LogP contribution in [-0.4, -0.2) is 14.2 Å². The molecule has 1 aliphatic carbocycles. The van der Waals surface area contributed by atoms with Crippen molar-refractivity contribution in [1.29, 1.82) is 0 Å². The second-order valence-corrected chi connectivity index (χ2v) is 9.24. The van der Waals surface area contributed by atoms with Gasteiger partial charge in [0.1, 0.15) is 0 Å². The maximum absolute atomic E-state index is 12.4. The summed E-state index contributed by atoms with van der Waals surface area (Å²) in [5.74, 6) is 1.39. The second kappa shape index (κ2) is 7.71. The van der Waals surface area contributed by atoms with Crippen molar-refractivity contribution in [1.82, 2.24) is 0 Å². The van der Waals surface area contributed by atoms with E-state index in [1.807, 2.05) is 0 Å². The summed E-state index contributed by atoms with van der Waals surface area (Å²) >= 11 is 5.83. The first-order valence-electron chi connectivity index (χ1n) is 8.58. The lowest BCUT2D eigenvalue weighted by atomic mass is 9.78. The Hall–Kier alpha value is -1.32. The topological polar surface area (TPSA) is 34.1 Å². The first-order chi connectivity index (χ1) is 11.5. The zero-order chi connectivity index (χ0) is 17.0. The zero-order valence-corrected chi connectivity index (χ0v) is 15.3. The van der Waals surface area contributed by atoms with Crippen LogP contribution >= 0.6 is 11.6 Å². The Balaban J connectivity index is 1.52. The van der Waals surface area contributed by atoms with Gasteiger partial charge in [-0.1, -0.05) is 41.9 Å². The van der Waals surface area contributed by atoms with E-state index >= 15 is 0 Å². The summed E-state index contributed by atoms with van der Waals surface area (Å²) in [7, 11) is -3.20. The molecule has 128 valence electrons. The molecular formula is C20H23ClO2S. The van der Waals surface area contributed by atoms with Crippen LogP contribution in [0.4, 0.5) is 0 Å². The van der Waals surface area contributed by atoms with Crippen molar-refractivity contribution in [2.24, 2.45) is 5.92 Å². The van der Waals surface area contributed by atoms with E-state index in [4.69, 9.17) is 11.6 Å². The van der Waals surface area contributed by atoms with Crippen LogP contribution < -0.4 is 0 Å². The highest BCUT2D eigenvalue weighted by atomic mass is 35.5. The lowest BCUT2D eigenvalue weighted by molar-refractivity contribution is 0.319. The molecule has 0 aromatic heterocycles. The highest BCUT2D eigenvalue weighted by Gasteiger charge is 2.24. The van der Waals surface area contributed by atoms with Crippen LogP contribution in [0.5, 0.6) is 0 Å². The Morgan fingerprint density at radius 3 is 2.12 bits per heavy atom. The van der Waals surface area contributed by atoms with Crippen LogP contribution in [0, 0.1) is 5.92 Å². The number of hydrogen-bond acceptors (Lipinski definition) is 2. The summed E-state index contributed by atoms with van der Waals surface area (Å²) in [6, 6.07) is 17.1. The van der Waals surface area contributed by atoms with Gasteiger partial charge in [0.25, 0.3) is 0 Å². The SMILES string of the molecule is O=S(=O)(CCC1CCC(c2ccccc2)CC1)c1ccc(Cl)cc1. The van der Waals surface area contributed by atoms with E-state index in [1.54, 1.807) is 24.3 Å². The van der Waals surface area contributed by atoms with Gasteiger partial charge >= 0.3 is 0 Å². The Kier molecular flexibility index (Phi) is 5.62. The number of benzene rings is 2. The van der Waals surface area contributed by atoms with Crippen molar-refractivity contribution < 1.29 is 8.42 Å².